The summed E-state index contributed by atoms with van der Waals surface area (Å²) in [5.41, 5.74) is 0.986. The molecule has 0 unspecified atom stereocenters. The van der Waals surface area contributed by atoms with E-state index in [0.717, 1.165) is 19.6 Å². The summed E-state index contributed by atoms with van der Waals surface area (Å²) in [5, 5.41) is 11.7. The molecule has 1 aromatic rings. The third-order valence-electron chi connectivity index (χ3n) is 5.74. The summed E-state index contributed by atoms with van der Waals surface area (Å²) in [6, 6.07) is 5.08. The first-order valence-corrected chi connectivity index (χ1v) is 9.58. The number of anilines is 2. The second kappa shape index (κ2) is 7.56. The van der Waals surface area contributed by atoms with Crippen molar-refractivity contribution in [2.24, 2.45) is 5.92 Å². The molecule has 9 heteroatoms. The lowest BCUT2D eigenvalue weighted by atomic mass is 9.91. The van der Waals surface area contributed by atoms with Crippen molar-refractivity contribution in [3.05, 3.63) is 24.0 Å². The number of cyclic esters (lactones) is 1. The molecule has 3 saturated heterocycles. The van der Waals surface area contributed by atoms with Crippen LogP contribution < -0.4 is 15.1 Å². The van der Waals surface area contributed by atoms with Crippen LogP contribution in [0.1, 0.15) is 6.92 Å². The number of carbonyl (C=O) groups excluding carboxylic acids is 2. The molecule has 2 N–H and O–H groups in total. The highest BCUT2D eigenvalue weighted by Gasteiger charge is 2.46. The number of β-amino-alcohol motifs (C(OH)–C–C–N with tert-alkyl or cyclic N) is 1. The molecule has 0 radical (unpaired) electrons. The van der Waals surface area contributed by atoms with Gasteiger partial charge < -0.3 is 20.1 Å². The number of likely N-dealkylation sites (tertiary alicyclic amines) is 1. The predicted molar refractivity (Wildman–Crippen MR) is 101 cm³/mol. The number of benzene rings is 1. The Bertz CT molecular complexity index is 776. The van der Waals surface area contributed by atoms with Gasteiger partial charge in [0.25, 0.3) is 0 Å². The number of hydrogen-bond donors (Lipinski definition) is 2. The zero-order chi connectivity index (χ0) is 19.8. The van der Waals surface area contributed by atoms with Crippen LogP contribution in [-0.2, 0) is 9.53 Å². The maximum atomic E-state index is 14.8. The first-order chi connectivity index (χ1) is 13.5. The molecule has 28 heavy (non-hydrogen) atoms. The van der Waals surface area contributed by atoms with Crippen LogP contribution in [0.25, 0.3) is 0 Å². The molecule has 0 spiro atoms. The average molecular weight is 392 g/mol. The van der Waals surface area contributed by atoms with Gasteiger partial charge in [0.1, 0.15) is 11.9 Å². The topological polar surface area (TPSA) is 85.4 Å². The third-order valence-corrected chi connectivity index (χ3v) is 5.74. The number of rotatable bonds is 6. The van der Waals surface area contributed by atoms with Gasteiger partial charge in [-0.2, -0.15) is 0 Å². The van der Waals surface area contributed by atoms with E-state index in [1.807, 2.05) is 0 Å². The van der Waals surface area contributed by atoms with Gasteiger partial charge in [0.15, 0.2) is 0 Å². The summed E-state index contributed by atoms with van der Waals surface area (Å²) in [4.78, 5) is 28.8. The van der Waals surface area contributed by atoms with Crippen LogP contribution in [0.3, 0.4) is 0 Å². The van der Waals surface area contributed by atoms with Crippen molar-refractivity contribution in [1.29, 1.82) is 0 Å². The molecule has 2 amide bonds. The number of aliphatic hydroxyl groups excluding tert-OH is 1. The quantitative estimate of drug-likeness (QED) is 0.729. The van der Waals surface area contributed by atoms with Gasteiger partial charge in [-0.3, -0.25) is 14.6 Å². The van der Waals surface area contributed by atoms with Gasteiger partial charge >= 0.3 is 6.09 Å². The first kappa shape index (κ1) is 18.9. The fourth-order valence-corrected chi connectivity index (χ4v) is 4.32. The Labute approximate surface area is 162 Å². The van der Waals surface area contributed by atoms with E-state index in [2.05, 4.69) is 15.1 Å². The van der Waals surface area contributed by atoms with Gasteiger partial charge in [0.05, 0.1) is 31.1 Å². The van der Waals surface area contributed by atoms with Gasteiger partial charge in [-0.1, -0.05) is 0 Å². The van der Waals surface area contributed by atoms with Crippen LogP contribution in [0.15, 0.2) is 18.2 Å². The summed E-state index contributed by atoms with van der Waals surface area (Å²) in [6.45, 7) is 5.26. The number of halogens is 1. The Morgan fingerprint density at radius 3 is 2.86 bits per heavy atom. The van der Waals surface area contributed by atoms with Gasteiger partial charge in [0, 0.05) is 45.1 Å². The van der Waals surface area contributed by atoms with E-state index < -0.39 is 12.2 Å². The maximum absolute atomic E-state index is 14.8. The van der Waals surface area contributed by atoms with Crippen molar-refractivity contribution < 1.29 is 23.8 Å². The van der Waals surface area contributed by atoms with E-state index >= 15 is 0 Å². The molecule has 1 aromatic carbocycles. The molecule has 3 atom stereocenters. The SMILES string of the molecule is CC(=O)NC[C@H]1CN(c2ccc(N3C[C@H]4CN(CCO)C[C@H]43)c(F)c2)C(=O)O1. The predicted octanol–water partition coefficient (Wildman–Crippen LogP) is 0.400. The fraction of sp³-hybridized carbons (Fsp3) is 0.579. The van der Waals surface area contributed by atoms with E-state index in [4.69, 9.17) is 9.84 Å². The number of amides is 2. The molecule has 0 aliphatic carbocycles. The number of fused-ring (bicyclic) bond motifs is 1. The number of nitrogens with zero attached hydrogens (tertiary/aromatic N) is 3. The fourth-order valence-electron chi connectivity index (χ4n) is 4.32. The number of nitrogens with one attached hydrogen (secondary N) is 1. The Morgan fingerprint density at radius 1 is 1.32 bits per heavy atom. The lowest BCUT2D eigenvalue weighted by Gasteiger charge is -2.45. The van der Waals surface area contributed by atoms with E-state index in [-0.39, 0.29) is 37.5 Å². The van der Waals surface area contributed by atoms with Crippen LogP contribution >= 0.6 is 0 Å². The van der Waals surface area contributed by atoms with E-state index in [1.54, 1.807) is 12.1 Å². The Morgan fingerprint density at radius 2 is 2.14 bits per heavy atom. The highest BCUT2D eigenvalue weighted by Crippen LogP contribution is 2.38. The zero-order valence-electron chi connectivity index (χ0n) is 15.8. The zero-order valence-corrected chi connectivity index (χ0v) is 15.8. The summed E-state index contributed by atoms with van der Waals surface area (Å²) >= 11 is 0. The van der Waals surface area contributed by atoms with Crippen molar-refractivity contribution in [3.8, 4) is 0 Å². The van der Waals surface area contributed by atoms with Gasteiger partial charge in [-0.15, -0.1) is 0 Å². The van der Waals surface area contributed by atoms with Crippen LogP contribution in [0.5, 0.6) is 0 Å². The lowest BCUT2D eigenvalue weighted by Crippen LogP contribution is -2.56. The number of hydrogen-bond acceptors (Lipinski definition) is 6. The third kappa shape index (κ3) is 3.51. The largest absolute Gasteiger partial charge is 0.442 e. The number of ether oxygens (including phenoxy) is 1. The van der Waals surface area contributed by atoms with Crippen molar-refractivity contribution in [2.75, 3.05) is 55.7 Å². The molecule has 4 rings (SSSR count). The standard InChI is InChI=1S/C19H25FN4O4/c1-12(26)21-7-15-10-23(19(27)28-15)14-2-3-17(16(20)6-14)24-9-13-8-22(4-5-25)11-18(13)24/h2-3,6,13,15,18,25H,4-5,7-11H2,1H3,(H,21,26)/t13-,15+,18-/m1/s1. The molecule has 0 saturated carbocycles. The molecule has 0 bridgehead atoms. The Kier molecular flexibility index (Phi) is 5.11. The number of aliphatic hydroxyl groups is 1. The highest BCUT2D eigenvalue weighted by molar-refractivity contribution is 5.90. The molecular formula is C19H25FN4O4. The van der Waals surface area contributed by atoms with E-state index in [1.165, 1.54) is 17.9 Å². The smallest absolute Gasteiger partial charge is 0.414 e. The van der Waals surface area contributed by atoms with Crippen molar-refractivity contribution in [3.63, 3.8) is 0 Å². The van der Waals surface area contributed by atoms with Gasteiger partial charge in [-0.25, -0.2) is 9.18 Å². The molecule has 3 fully saturated rings. The molecule has 8 nitrogen and oxygen atoms in total. The van der Waals surface area contributed by atoms with E-state index in [9.17, 15) is 14.0 Å². The first-order valence-electron chi connectivity index (χ1n) is 9.58. The van der Waals surface area contributed by atoms with E-state index in [0.29, 0.717) is 23.8 Å². The minimum atomic E-state index is -0.540. The minimum absolute atomic E-state index is 0.136. The van der Waals surface area contributed by atoms with Crippen molar-refractivity contribution in [1.82, 2.24) is 10.2 Å². The summed E-state index contributed by atoms with van der Waals surface area (Å²) in [7, 11) is 0. The second-order valence-corrected chi connectivity index (χ2v) is 7.65. The highest BCUT2D eigenvalue weighted by atomic mass is 19.1. The maximum Gasteiger partial charge on any atom is 0.414 e. The summed E-state index contributed by atoms with van der Waals surface area (Å²) < 4.78 is 20.1. The normalized spacial score (nSPS) is 26.8. The van der Waals surface area contributed by atoms with Crippen LogP contribution in [-0.4, -0.2) is 80.0 Å². The molecular weight excluding hydrogens is 367 g/mol. The summed E-state index contributed by atoms with van der Waals surface area (Å²) in [5.74, 6) is -0.0504. The van der Waals surface area contributed by atoms with Gasteiger partial charge in [0.2, 0.25) is 5.91 Å². The molecule has 0 aromatic heterocycles. The number of carbonyl (C=O) groups is 2. The Hall–Kier alpha value is -2.39. The molecule has 3 aliphatic rings. The molecule has 3 heterocycles. The Balaban J connectivity index is 1.41. The van der Waals surface area contributed by atoms with Crippen molar-refractivity contribution >= 4 is 23.4 Å². The van der Waals surface area contributed by atoms with Crippen LogP contribution in [0.4, 0.5) is 20.6 Å². The van der Waals surface area contributed by atoms with Crippen LogP contribution in [0.2, 0.25) is 0 Å². The molecule has 3 aliphatic heterocycles. The van der Waals surface area contributed by atoms with Crippen molar-refractivity contribution in [2.45, 2.75) is 19.1 Å². The van der Waals surface area contributed by atoms with Crippen LogP contribution in [0, 0.1) is 11.7 Å². The monoisotopic (exact) mass is 392 g/mol. The second-order valence-electron chi connectivity index (χ2n) is 7.65. The van der Waals surface area contributed by atoms with Gasteiger partial charge in [-0.05, 0) is 18.2 Å². The minimum Gasteiger partial charge on any atom is -0.442 e. The lowest BCUT2D eigenvalue weighted by molar-refractivity contribution is -0.119. The summed E-state index contributed by atoms with van der Waals surface area (Å²) in [6.07, 6.45) is -0.992. The molecule has 152 valence electrons. The average Bonchev–Trinajstić information content (AvgIpc) is 3.16.